The number of benzene rings is 4. The van der Waals surface area contributed by atoms with Crippen molar-refractivity contribution in [3.63, 3.8) is 0 Å². The Morgan fingerprint density at radius 1 is 0.719 bits per heavy atom. The fourth-order valence-electron chi connectivity index (χ4n) is 8.10. The molecule has 0 aliphatic carbocycles. The fourth-order valence-corrected chi connectivity index (χ4v) is 8.23. The molecule has 4 aromatic carbocycles. The van der Waals surface area contributed by atoms with Gasteiger partial charge in [0.1, 0.15) is 11.6 Å². The van der Waals surface area contributed by atoms with Gasteiger partial charge in [0, 0.05) is 23.7 Å². The molecule has 12 heteroatoms. The van der Waals surface area contributed by atoms with E-state index in [4.69, 9.17) is 27.1 Å². The van der Waals surface area contributed by atoms with Gasteiger partial charge in [-0.3, -0.25) is 9.59 Å². The van der Waals surface area contributed by atoms with Crippen LogP contribution in [0, 0.1) is 0 Å². The Morgan fingerprint density at radius 3 is 1.74 bits per heavy atom. The second kappa shape index (κ2) is 15.7. The first kappa shape index (κ1) is 37.7. The minimum atomic E-state index is -1.13. The number of halogens is 1. The summed E-state index contributed by atoms with van der Waals surface area (Å²) in [5.41, 5.74) is 12.0. The summed E-state index contributed by atoms with van der Waals surface area (Å²) in [5, 5.41) is 0.648. The van der Waals surface area contributed by atoms with Crippen molar-refractivity contribution >= 4 is 29.5 Å². The summed E-state index contributed by atoms with van der Waals surface area (Å²) in [7, 11) is 0. The normalized spacial score (nSPS) is 17.5. The van der Waals surface area contributed by atoms with Crippen LogP contribution >= 0.6 is 11.6 Å². The second-order valence-corrected chi connectivity index (χ2v) is 15.7. The predicted octanol–water partition coefficient (Wildman–Crippen LogP) is 8.93. The number of carbonyl (C=O) groups excluding carboxylic acids is 3. The summed E-state index contributed by atoms with van der Waals surface area (Å²) in [6, 6.07) is 32.6. The molecule has 0 unspecified atom stereocenters. The van der Waals surface area contributed by atoms with Gasteiger partial charge in [0.2, 0.25) is 12.0 Å². The van der Waals surface area contributed by atoms with Crippen LogP contribution in [0.15, 0.2) is 116 Å². The number of likely N-dealkylation sites (tertiary alicyclic amines) is 2. The second-order valence-electron chi connectivity index (χ2n) is 15.2. The number of hydrogen-bond acceptors (Lipinski definition) is 6. The molecule has 4 heterocycles. The number of nitrogens with zero attached hydrogens (tertiary/aromatic N) is 4. The lowest BCUT2D eigenvalue weighted by Gasteiger charge is -2.33. The number of H-pyrrole nitrogens is 2. The predicted molar refractivity (Wildman–Crippen MR) is 219 cm³/mol. The highest BCUT2D eigenvalue weighted by Gasteiger charge is 2.41. The van der Waals surface area contributed by atoms with E-state index in [0.29, 0.717) is 29.5 Å². The Hall–Kier alpha value is -6.20. The van der Waals surface area contributed by atoms with Crippen LogP contribution < -0.4 is 5.73 Å². The van der Waals surface area contributed by atoms with E-state index in [0.717, 1.165) is 70.7 Å². The summed E-state index contributed by atoms with van der Waals surface area (Å²) < 4.78 is 5.30. The summed E-state index contributed by atoms with van der Waals surface area (Å²) in [6.45, 7) is 5.14. The fraction of sp³-hybridized carbons (Fsp3) is 0.267. The van der Waals surface area contributed by atoms with E-state index in [1.165, 1.54) is 0 Å². The minimum Gasteiger partial charge on any atom is -0.431 e. The monoisotopic (exact) mass is 781 g/mol. The van der Waals surface area contributed by atoms with Crippen molar-refractivity contribution in [3.8, 4) is 33.6 Å². The van der Waals surface area contributed by atoms with Crippen molar-refractivity contribution in [2.24, 2.45) is 5.73 Å². The van der Waals surface area contributed by atoms with E-state index in [1.807, 2.05) is 67.4 Å². The summed E-state index contributed by atoms with van der Waals surface area (Å²) in [5.74, 6) is 1.22. The van der Waals surface area contributed by atoms with Crippen LogP contribution in [-0.4, -0.2) is 60.7 Å². The molecule has 3 atom stereocenters. The van der Waals surface area contributed by atoms with Gasteiger partial charge in [0.25, 0.3) is 5.91 Å². The van der Waals surface area contributed by atoms with Crippen LogP contribution in [0.2, 0.25) is 5.02 Å². The summed E-state index contributed by atoms with van der Waals surface area (Å²) >= 11 is 6.12. The zero-order valence-corrected chi connectivity index (χ0v) is 32.6. The molecule has 3 amide bonds. The maximum atomic E-state index is 13.9. The minimum absolute atomic E-state index is 0.0760. The molecular formula is C45H44ClN7O4. The largest absolute Gasteiger partial charge is 0.431 e. The average molecular weight is 782 g/mol. The first-order chi connectivity index (χ1) is 27.6. The quantitative estimate of drug-likeness (QED) is 0.126. The number of aromatic amines is 2. The molecule has 57 heavy (non-hydrogen) atoms. The number of nitrogens with two attached hydrogens (primary N) is 1. The van der Waals surface area contributed by atoms with Gasteiger partial charge < -0.3 is 30.2 Å². The Bertz CT molecular complexity index is 2370. The lowest BCUT2D eigenvalue weighted by molar-refractivity contribution is -0.141. The standard InChI is InChI=1S/C45H44ClN7O4/c1-45(2,33-20-22-34(46)23-21-33)43(55)53-25-7-11-38(53)41-49-27-36(51-41)31-18-14-29(15-19-31)28-12-16-30(17-13-28)35-26-48-40(50-35)37-10-6-24-52(37)42(54)39(57-44(47)56)32-8-4-3-5-9-32/h3-5,8-9,12-23,26-27,37-39H,6-7,10-11,24-25H2,1-2H3,(H2,47,56)(H,48,50)(H,49,51)/t37-,38-,39+/m0/s1. The van der Waals surface area contributed by atoms with Gasteiger partial charge in [-0.15, -0.1) is 0 Å². The Balaban J connectivity index is 0.928. The van der Waals surface area contributed by atoms with Crippen molar-refractivity contribution < 1.29 is 19.1 Å². The van der Waals surface area contributed by atoms with E-state index in [1.54, 1.807) is 35.4 Å². The number of aromatic nitrogens is 4. The molecule has 2 aromatic heterocycles. The molecule has 0 bridgehead atoms. The molecule has 290 valence electrons. The molecular weight excluding hydrogens is 738 g/mol. The number of ether oxygens (including phenoxy) is 1. The summed E-state index contributed by atoms with van der Waals surface area (Å²) in [4.78, 5) is 59.4. The summed E-state index contributed by atoms with van der Waals surface area (Å²) in [6.07, 6.45) is 4.80. The highest BCUT2D eigenvalue weighted by atomic mass is 35.5. The van der Waals surface area contributed by atoms with Crippen molar-refractivity contribution in [1.82, 2.24) is 29.7 Å². The van der Waals surface area contributed by atoms with Crippen molar-refractivity contribution in [3.05, 3.63) is 143 Å². The van der Waals surface area contributed by atoms with E-state index in [9.17, 15) is 14.4 Å². The van der Waals surface area contributed by atoms with Crippen LogP contribution in [0.25, 0.3) is 33.6 Å². The number of carbonyl (C=O) groups is 3. The zero-order valence-electron chi connectivity index (χ0n) is 31.8. The van der Waals surface area contributed by atoms with Crippen molar-refractivity contribution in [1.29, 1.82) is 0 Å². The molecule has 2 aliphatic rings. The van der Waals surface area contributed by atoms with Gasteiger partial charge in [0.05, 0.1) is 41.3 Å². The molecule has 2 aliphatic heterocycles. The highest BCUT2D eigenvalue weighted by Crippen LogP contribution is 2.38. The zero-order chi connectivity index (χ0) is 39.7. The molecule has 6 aromatic rings. The van der Waals surface area contributed by atoms with Gasteiger partial charge in [-0.2, -0.15) is 0 Å². The number of amides is 3. The maximum absolute atomic E-state index is 13.9. The maximum Gasteiger partial charge on any atom is 0.405 e. The number of rotatable bonds is 10. The lowest BCUT2D eigenvalue weighted by Crippen LogP contribution is -2.43. The van der Waals surface area contributed by atoms with Gasteiger partial charge in [0.15, 0.2) is 0 Å². The van der Waals surface area contributed by atoms with Crippen LogP contribution in [0.3, 0.4) is 0 Å². The molecule has 4 N–H and O–H groups in total. The smallest absolute Gasteiger partial charge is 0.405 e. The number of hydrogen-bond donors (Lipinski definition) is 3. The van der Waals surface area contributed by atoms with Crippen LogP contribution in [-0.2, 0) is 19.7 Å². The highest BCUT2D eigenvalue weighted by molar-refractivity contribution is 6.30. The Morgan fingerprint density at radius 2 is 1.21 bits per heavy atom. The lowest BCUT2D eigenvalue weighted by atomic mass is 9.83. The third-order valence-corrected chi connectivity index (χ3v) is 11.5. The molecule has 11 nitrogen and oxygen atoms in total. The van der Waals surface area contributed by atoms with Crippen molar-refractivity contribution in [2.75, 3.05) is 13.1 Å². The van der Waals surface area contributed by atoms with Gasteiger partial charge in [-0.05, 0) is 79.5 Å². The van der Waals surface area contributed by atoms with Crippen LogP contribution in [0.1, 0.15) is 80.5 Å². The average Bonchev–Trinajstić information content (AvgIpc) is 4.07. The Labute approximate surface area is 336 Å². The molecule has 0 radical (unpaired) electrons. The van der Waals surface area contributed by atoms with Gasteiger partial charge in [-0.1, -0.05) is 103 Å². The van der Waals surface area contributed by atoms with E-state index >= 15 is 0 Å². The van der Waals surface area contributed by atoms with E-state index in [2.05, 4.69) is 51.4 Å². The van der Waals surface area contributed by atoms with E-state index in [-0.39, 0.29) is 23.9 Å². The molecule has 8 rings (SSSR count). The number of primary amides is 1. The molecule has 2 fully saturated rings. The first-order valence-electron chi connectivity index (χ1n) is 19.3. The molecule has 0 spiro atoms. The first-order valence-corrected chi connectivity index (χ1v) is 19.6. The third-order valence-electron chi connectivity index (χ3n) is 11.3. The Kier molecular flexibility index (Phi) is 10.4. The van der Waals surface area contributed by atoms with Crippen LogP contribution in [0.5, 0.6) is 0 Å². The third kappa shape index (κ3) is 7.67. The number of imidazole rings is 2. The van der Waals surface area contributed by atoms with Crippen LogP contribution in [0.4, 0.5) is 4.79 Å². The topological polar surface area (TPSA) is 150 Å². The van der Waals surface area contributed by atoms with Crippen molar-refractivity contribution in [2.45, 2.75) is 63.1 Å². The SMILES string of the molecule is CC(C)(C(=O)N1CCC[C@H]1c1ncc(-c2ccc(-c3ccc(-c4cnc([C@@H]5CCCN5C(=O)[C@H](OC(N)=O)c5ccccc5)[nH]4)cc3)cc2)[nH]1)c1ccc(Cl)cc1. The molecule has 0 saturated carbocycles. The van der Waals surface area contributed by atoms with Gasteiger partial charge in [-0.25, -0.2) is 14.8 Å². The van der Waals surface area contributed by atoms with E-state index < -0.39 is 17.6 Å². The molecule has 2 saturated heterocycles. The number of nitrogens with one attached hydrogen (secondary N) is 2. The van der Waals surface area contributed by atoms with Gasteiger partial charge >= 0.3 is 6.09 Å².